The SMILES string of the molecule is Cc1cc(C)c(N)c(C(O)CS(C)(=O)=O)c1. The second-order valence-electron chi connectivity index (χ2n) is 4.19. The standard InChI is InChI=1S/C11H17NO3S/c1-7-4-8(2)11(12)9(5-7)10(13)6-16(3,14)15/h4-5,10,13H,6,12H2,1-3H3. The highest BCUT2D eigenvalue weighted by Gasteiger charge is 2.17. The molecule has 3 N–H and O–H groups in total. The van der Waals surface area contributed by atoms with Gasteiger partial charge >= 0.3 is 0 Å². The molecule has 0 aliphatic carbocycles. The zero-order valence-corrected chi connectivity index (χ0v) is 10.5. The molecule has 16 heavy (non-hydrogen) atoms. The van der Waals surface area contributed by atoms with Gasteiger partial charge in [0.1, 0.15) is 9.84 Å². The monoisotopic (exact) mass is 243 g/mol. The molecule has 0 saturated heterocycles. The highest BCUT2D eigenvalue weighted by molar-refractivity contribution is 7.90. The molecule has 0 aliphatic heterocycles. The third-order valence-electron chi connectivity index (χ3n) is 2.38. The number of nitrogen functional groups attached to an aromatic ring is 1. The van der Waals surface area contributed by atoms with E-state index in [-0.39, 0.29) is 5.75 Å². The molecule has 0 bridgehead atoms. The zero-order valence-electron chi connectivity index (χ0n) is 9.69. The summed E-state index contributed by atoms with van der Waals surface area (Å²) < 4.78 is 22.2. The van der Waals surface area contributed by atoms with Gasteiger partial charge in [0.15, 0.2) is 0 Å². The van der Waals surface area contributed by atoms with E-state index in [1.807, 2.05) is 19.9 Å². The summed E-state index contributed by atoms with van der Waals surface area (Å²) in [7, 11) is -3.22. The van der Waals surface area contributed by atoms with Crippen molar-refractivity contribution in [2.75, 3.05) is 17.7 Å². The first-order valence-electron chi connectivity index (χ1n) is 4.93. The maximum Gasteiger partial charge on any atom is 0.150 e. The summed E-state index contributed by atoms with van der Waals surface area (Å²) in [5, 5.41) is 9.83. The van der Waals surface area contributed by atoms with Crippen LogP contribution < -0.4 is 5.73 Å². The Kier molecular flexibility index (Phi) is 3.60. The van der Waals surface area contributed by atoms with Crippen molar-refractivity contribution in [3.05, 3.63) is 28.8 Å². The van der Waals surface area contributed by atoms with Crippen LogP contribution in [0.2, 0.25) is 0 Å². The molecule has 0 fully saturated rings. The molecule has 0 aromatic heterocycles. The van der Waals surface area contributed by atoms with Gasteiger partial charge in [-0.05, 0) is 19.4 Å². The molecular weight excluding hydrogens is 226 g/mol. The van der Waals surface area contributed by atoms with E-state index in [1.54, 1.807) is 6.07 Å². The van der Waals surface area contributed by atoms with E-state index >= 15 is 0 Å². The summed E-state index contributed by atoms with van der Waals surface area (Å²) in [5.74, 6) is -0.305. The Balaban J connectivity index is 3.13. The molecule has 5 heteroatoms. The molecule has 0 radical (unpaired) electrons. The van der Waals surface area contributed by atoms with Crippen molar-refractivity contribution < 1.29 is 13.5 Å². The second-order valence-corrected chi connectivity index (χ2v) is 6.38. The van der Waals surface area contributed by atoms with Crippen molar-refractivity contribution in [2.24, 2.45) is 0 Å². The van der Waals surface area contributed by atoms with Gasteiger partial charge in [0.2, 0.25) is 0 Å². The van der Waals surface area contributed by atoms with Crippen LogP contribution in [0, 0.1) is 13.8 Å². The lowest BCUT2D eigenvalue weighted by Crippen LogP contribution is -2.14. The molecule has 0 heterocycles. The lowest BCUT2D eigenvalue weighted by molar-refractivity contribution is 0.202. The average Bonchev–Trinajstić information content (AvgIpc) is 2.08. The van der Waals surface area contributed by atoms with Gasteiger partial charge in [-0.2, -0.15) is 0 Å². The Hall–Kier alpha value is -1.07. The number of sulfone groups is 1. The minimum Gasteiger partial charge on any atom is -0.398 e. The Morgan fingerprint density at radius 1 is 1.38 bits per heavy atom. The van der Waals surface area contributed by atoms with E-state index in [2.05, 4.69) is 0 Å². The van der Waals surface area contributed by atoms with Crippen LogP contribution in [0.1, 0.15) is 22.8 Å². The van der Waals surface area contributed by atoms with Gasteiger partial charge in [-0.15, -0.1) is 0 Å². The Labute approximate surface area is 96.0 Å². The third kappa shape index (κ3) is 3.21. The number of aliphatic hydroxyl groups excluding tert-OH is 1. The molecule has 0 spiro atoms. The van der Waals surface area contributed by atoms with E-state index < -0.39 is 15.9 Å². The molecule has 1 aromatic carbocycles. The van der Waals surface area contributed by atoms with Crippen LogP contribution in [0.5, 0.6) is 0 Å². The molecule has 1 unspecified atom stereocenters. The second kappa shape index (κ2) is 4.43. The van der Waals surface area contributed by atoms with E-state index in [0.717, 1.165) is 17.4 Å². The van der Waals surface area contributed by atoms with Gasteiger partial charge in [-0.25, -0.2) is 8.42 Å². The highest BCUT2D eigenvalue weighted by Crippen LogP contribution is 2.26. The molecule has 90 valence electrons. The van der Waals surface area contributed by atoms with Gasteiger partial charge in [0.25, 0.3) is 0 Å². The van der Waals surface area contributed by atoms with Crippen molar-refractivity contribution in [3.8, 4) is 0 Å². The van der Waals surface area contributed by atoms with Crippen molar-refractivity contribution in [1.82, 2.24) is 0 Å². The number of hydrogen-bond donors (Lipinski definition) is 2. The van der Waals surface area contributed by atoms with Crippen LogP contribution in [0.3, 0.4) is 0 Å². The quantitative estimate of drug-likeness (QED) is 0.775. The number of anilines is 1. The van der Waals surface area contributed by atoms with E-state index in [4.69, 9.17) is 5.73 Å². The smallest absolute Gasteiger partial charge is 0.150 e. The summed E-state index contributed by atoms with van der Waals surface area (Å²) in [6.45, 7) is 3.71. The van der Waals surface area contributed by atoms with Crippen molar-refractivity contribution in [1.29, 1.82) is 0 Å². The van der Waals surface area contributed by atoms with E-state index in [1.165, 1.54) is 0 Å². The first-order valence-corrected chi connectivity index (χ1v) is 6.99. The maximum atomic E-state index is 11.1. The highest BCUT2D eigenvalue weighted by atomic mass is 32.2. The Bertz CT molecular complexity index is 494. The van der Waals surface area contributed by atoms with E-state index in [9.17, 15) is 13.5 Å². The Morgan fingerprint density at radius 2 is 1.94 bits per heavy atom. The van der Waals surface area contributed by atoms with Crippen molar-refractivity contribution in [2.45, 2.75) is 20.0 Å². The number of benzene rings is 1. The first-order chi connectivity index (χ1) is 7.20. The maximum absolute atomic E-state index is 11.1. The average molecular weight is 243 g/mol. The van der Waals surface area contributed by atoms with Crippen LogP contribution in [-0.2, 0) is 9.84 Å². The third-order valence-corrected chi connectivity index (χ3v) is 3.30. The van der Waals surface area contributed by atoms with Gasteiger partial charge < -0.3 is 10.8 Å². The number of rotatable bonds is 3. The summed E-state index contributed by atoms with van der Waals surface area (Å²) in [6.07, 6.45) is 0.0308. The van der Waals surface area contributed by atoms with Gasteiger partial charge in [-0.3, -0.25) is 0 Å². The topological polar surface area (TPSA) is 80.4 Å². The number of hydrogen-bond acceptors (Lipinski definition) is 4. The Morgan fingerprint density at radius 3 is 2.44 bits per heavy atom. The van der Waals surface area contributed by atoms with Crippen molar-refractivity contribution in [3.63, 3.8) is 0 Å². The van der Waals surface area contributed by atoms with E-state index in [0.29, 0.717) is 11.3 Å². The molecular formula is C11H17NO3S. The van der Waals surface area contributed by atoms with Gasteiger partial charge in [0.05, 0.1) is 11.9 Å². The summed E-state index contributed by atoms with van der Waals surface area (Å²) in [6, 6.07) is 3.62. The number of aliphatic hydroxyl groups is 1. The molecule has 0 aliphatic rings. The largest absolute Gasteiger partial charge is 0.398 e. The minimum atomic E-state index is -3.22. The molecule has 0 amide bonds. The van der Waals surface area contributed by atoms with Crippen LogP contribution in [0.15, 0.2) is 12.1 Å². The first kappa shape index (κ1) is 13.0. The molecule has 4 nitrogen and oxygen atoms in total. The van der Waals surface area contributed by atoms with Crippen LogP contribution in [-0.4, -0.2) is 25.5 Å². The van der Waals surface area contributed by atoms with Crippen molar-refractivity contribution >= 4 is 15.5 Å². The predicted molar refractivity (Wildman–Crippen MR) is 65.0 cm³/mol. The molecule has 1 atom stereocenters. The normalized spacial score (nSPS) is 13.8. The minimum absolute atomic E-state index is 0.305. The zero-order chi connectivity index (χ0) is 12.5. The van der Waals surface area contributed by atoms with Gasteiger partial charge in [-0.1, -0.05) is 17.7 Å². The number of aryl methyl sites for hydroxylation is 2. The fourth-order valence-electron chi connectivity index (χ4n) is 1.66. The predicted octanol–water partition coefficient (Wildman–Crippen LogP) is 0.964. The molecule has 1 aromatic rings. The molecule has 1 rings (SSSR count). The van der Waals surface area contributed by atoms with Gasteiger partial charge in [0, 0.05) is 17.5 Å². The fraction of sp³-hybridized carbons (Fsp3) is 0.455. The molecule has 0 saturated carbocycles. The fourth-order valence-corrected chi connectivity index (χ4v) is 2.42. The summed E-state index contributed by atoms with van der Waals surface area (Å²) >= 11 is 0. The number of nitrogens with two attached hydrogens (primary N) is 1. The van der Waals surface area contributed by atoms with Crippen LogP contribution in [0.4, 0.5) is 5.69 Å². The summed E-state index contributed by atoms with van der Waals surface area (Å²) in [4.78, 5) is 0. The van der Waals surface area contributed by atoms with Crippen LogP contribution >= 0.6 is 0 Å². The lowest BCUT2D eigenvalue weighted by Gasteiger charge is -2.15. The van der Waals surface area contributed by atoms with Crippen LogP contribution in [0.25, 0.3) is 0 Å². The lowest BCUT2D eigenvalue weighted by atomic mass is 10.0. The summed E-state index contributed by atoms with van der Waals surface area (Å²) in [5.41, 5.74) is 8.57.